The summed E-state index contributed by atoms with van der Waals surface area (Å²) in [6, 6.07) is 9.12. The maximum atomic E-state index is 6.19. The Morgan fingerprint density at radius 3 is 2.79 bits per heavy atom. The zero-order chi connectivity index (χ0) is 12.9. The van der Waals surface area contributed by atoms with Crippen molar-refractivity contribution in [2.45, 2.75) is 44.2 Å². The highest BCUT2D eigenvalue weighted by Crippen LogP contribution is 2.25. The standard InChI is InChI=1S/C16H23NO2/c1-2-6-16(19-15-7-10-18-11-8-15)13(4-1)12-14-5-3-9-17-14/h1-2,4,6,14-15,17H,3,5,7-12H2. The maximum Gasteiger partial charge on any atom is 0.122 e. The number of rotatable bonds is 4. The van der Waals surface area contributed by atoms with Gasteiger partial charge in [0.15, 0.2) is 0 Å². The molecule has 0 aliphatic carbocycles. The largest absolute Gasteiger partial charge is 0.490 e. The predicted molar refractivity (Wildman–Crippen MR) is 75.6 cm³/mol. The van der Waals surface area contributed by atoms with E-state index in [4.69, 9.17) is 9.47 Å². The van der Waals surface area contributed by atoms with E-state index in [2.05, 4.69) is 29.6 Å². The van der Waals surface area contributed by atoms with Gasteiger partial charge >= 0.3 is 0 Å². The Kier molecular flexibility index (Phi) is 4.36. The van der Waals surface area contributed by atoms with Crippen molar-refractivity contribution in [1.29, 1.82) is 0 Å². The van der Waals surface area contributed by atoms with Gasteiger partial charge in [0.05, 0.1) is 13.2 Å². The average molecular weight is 261 g/mol. The molecule has 3 rings (SSSR count). The van der Waals surface area contributed by atoms with E-state index in [1.165, 1.54) is 18.4 Å². The third kappa shape index (κ3) is 3.48. The second-order valence-corrected chi connectivity index (χ2v) is 5.53. The van der Waals surface area contributed by atoms with E-state index in [1.54, 1.807) is 0 Å². The summed E-state index contributed by atoms with van der Waals surface area (Å²) >= 11 is 0. The van der Waals surface area contributed by atoms with Gasteiger partial charge in [-0.3, -0.25) is 0 Å². The second-order valence-electron chi connectivity index (χ2n) is 5.53. The van der Waals surface area contributed by atoms with E-state index in [0.29, 0.717) is 12.1 Å². The van der Waals surface area contributed by atoms with Crippen LogP contribution in [0.2, 0.25) is 0 Å². The van der Waals surface area contributed by atoms with Crippen LogP contribution in [0.25, 0.3) is 0 Å². The molecule has 0 amide bonds. The summed E-state index contributed by atoms with van der Waals surface area (Å²) in [7, 11) is 0. The minimum atomic E-state index is 0.325. The highest BCUT2D eigenvalue weighted by molar-refractivity contribution is 5.34. The van der Waals surface area contributed by atoms with Gasteiger partial charge in [0.25, 0.3) is 0 Å². The van der Waals surface area contributed by atoms with Crippen molar-refractivity contribution in [3.8, 4) is 5.75 Å². The SMILES string of the molecule is c1ccc(OC2CCOCC2)c(CC2CCCN2)c1. The van der Waals surface area contributed by atoms with Crippen LogP contribution >= 0.6 is 0 Å². The fourth-order valence-corrected chi connectivity index (χ4v) is 2.96. The summed E-state index contributed by atoms with van der Waals surface area (Å²) in [5.41, 5.74) is 1.34. The minimum absolute atomic E-state index is 0.325. The van der Waals surface area contributed by atoms with E-state index < -0.39 is 0 Å². The second kappa shape index (κ2) is 6.40. The van der Waals surface area contributed by atoms with Gasteiger partial charge in [-0.05, 0) is 37.4 Å². The van der Waals surface area contributed by atoms with Gasteiger partial charge in [-0.1, -0.05) is 18.2 Å². The first kappa shape index (κ1) is 12.9. The molecule has 2 heterocycles. The van der Waals surface area contributed by atoms with Crippen molar-refractivity contribution < 1.29 is 9.47 Å². The molecule has 3 heteroatoms. The van der Waals surface area contributed by atoms with Crippen LogP contribution in [0.3, 0.4) is 0 Å². The minimum Gasteiger partial charge on any atom is -0.490 e. The summed E-state index contributed by atoms with van der Waals surface area (Å²) in [6.45, 7) is 2.82. The first-order valence-electron chi connectivity index (χ1n) is 7.47. The lowest BCUT2D eigenvalue weighted by Crippen LogP contribution is -2.27. The summed E-state index contributed by atoms with van der Waals surface area (Å²) in [5, 5.41) is 3.56. The normalized spacial score (nSPS) is 24.5. The van der Waals surface area contributed by atoms with E-state index in [-0.39, 0.29) is 0 Å². The number of para-hydroxylation sites is 1. The van der Waals surface area contributed by atoms with Crippen molar-refractivity contribution >= 4 is 0 Å². The molecule has 0 bridgehead atoms. The Morgan fingerprint density at radius 1 is 1.16 bits per heavy atom. The molecule has 0 spiro atoms. The third-order valence-electron chi connectivity index (χ3n) is 4.06. The lowest BCUT2D eigenvalue weighted by molar-refractivity contribution is 0.0251. The number of nitrogens with one attached hydrogen (secondary N) is 1. The van der Waals surface area contributed by atoms with Gasteiger partial charge in [-0.15, -0.1) is 0 Å². The maximum absolute atomic E-state index is 6.19. The van der Waals surface area contributed by atoms with Gasteiger partial charge in [0.2, 0.25) is 0 Å². The third-order valence-corrected chi connectivity index (χ3v) is 4.06. The van der Waals surface area contributed by atoms with Crippen LogP contribution in [0.5, 0.6) is 5.75 Å². The average Bonchev–Trinajstić information content (AvgIpc) is 2.95. The fourth-order valence-electron chi connectivity index (χ4n) is 2.96. The van der Waals surface area contributed by atoms with Gasteiger partial charge in [-0.2, -0.15) is 0 Å². The van der Waals surface area contributed by atoms with Crippen LogP contribution in [0, 0.1) is 0 Å². The zero-order valence-corrected chi connectivity index (χ0v) is 11.4. The molecule has 104 valence electrons. The zero-order valence-electron chi connectivity index (χ0n) is 11.4. The topological polar surface area (TPSA) is 30.5 Å². The predicted octanol–water partition coefficient (Wildman–Crippen LogP) is 2.54. The van der Waals surface area contributed by atoms with Crippen molar-refractivity contribution in [3.05, 3.63) is 29.8 Å². The van der Waals surface area contributed by atoms with Crippen LogP contribution in [0.15, 0.2) is 24.3 Å². The van der Waals surface area contributed by atoms with Gasteiger partial charge < -0.3 is 14.8 Å². The van der Waals surface area contributed by atoms with Crippen LogP contribution in [0.4, 0.5) is 0 Å². The van der Waals surface area contributed by atoms with Crippen molar-refractivity contribution in [1.82, 2.24) is 5.32 Å². The Labute approximate surface area is 115 Å². The lowest BCUT2D eigenvalue weighted by Gasteiger charge is -2.25. The highest BCUT2D eigenvalue weighted by atomic mass is 16.5. The van der Waals surface area contributed by atoms with E-state index in [9.17, 15) is 0 Å². The summed E-state index contributed by atoms with van der Waals surface area (Å²) in [6.07, 6.45) is 6.01. The summed E-state index contributed by atoms with van der Waals surface area (Å²) in [5.74, 6) is 1.07. The Balaban J connectivity index is 1.65. The Bertz CT molecular complexity index is 395. The molecular formula is C16H23NO2. The molecule has 2 aliphatic heterocycles. The molecule has 2 saturated heterocycles. The van der Waals surface area contributed by atoms with Gasteiger partial charge in [-0.25, -0.2) is 0 Å². The molecule has 2 fully saturated rings. The smallest absolute Gasteiger partial charge is 0.122 e. The molecular weight excluding hydrogens is 238 g/mol. The van der Waals surface area contributed by atoms with Crippen molar-refractivity contribution in [2.24, 2.45) is 0 Å². The van der Waals surface area contributed by atoms with Crippen LogP contribution < -0.4 is 10.1 Å². The van der Waals surface area contributed by atoms with Gasteiger partial charge in [0, 0.05) is 18.9 Å². The molecule has 0 aromatic heterocycles. The summed E-state index contributed by atoms with van der Waals surface area (Å²) < 4.78 is 11.6. The Morgan fingerprint density at radius 2 is 2.00 bits per heavy atom. The van der Waals surface area contributed by atoms with Crippen LogP contribution in [0.1, 0.15) is 31.2 Å². The molecule has 1 atom stereocenters. The molecule has 1 aromatic rings. The highest BCUT2D eigenvalue weighted by Gasteiger charge is 2.19. The van der Waals surface area contributed by atoms with Crippen molar-refractivity contribution in [2.75, 3.05) is 19.8 Å². The number of hydrogen-bond donors (Lipinski definition) is 1. The first-order valence-corrected chi connectivity index (χ1v) is 7.47. The molecule has 1 aromatic carbocycles. The van der Waals surface area contributed by atoms with Crippen LogP contribution in [-0.4, -0.2) is 31.9 Å². The molecule has 0 radical (unpaired) electrons. The van der Waals surface area contributed by atoms with E-state index in [1.807, 2.05) is 0 Å². The fraction of sp³-hybridized carbons (Fsp3) is 0.625. The molecule has 3 nitrogen and oxygen atoms in total. The van der Waals surface area contributed by atoms with Crippen LogP contribution in [-0.2, 0) is 11.2 Å². The molecule has 19 heavy (non-hydrogen) atoms. The van der Waals surface area contributed by atoms with Gasteiger partial charge in [0.1, 0.15) is 11.9 Å². The van der Waals surface area contributed by atoms with Crippen molar-refractivity contribution in [3.63, 3.8) is 0 Å². The number of ether oxygens (including phenoxy) is 2. The number of hydrogen-bond acceptors (Lipinski definition) is 3. The summed E-state index contributed by atoms with van der Waals surface area (Å²) in [4.78, 5) is 0. The molecule has 0 saturated carbocycles. The number of benzene rings is 1. The quantitative estimate of drug-likeness (QED) is 0.903. The first-order chi connectivity index (χ1) is 9.42. The molecule has 1 N–H and O–H groups in total. The van der Waals surface area contributed by atoms with E-state index in [0.717, 1.165) is 44.8 Å². The molecule has 1 unspecified atom stereocenters. The van der Waals surface area contributed by atoms with E-state index >= 15 is 0 Å². The Hall–Kier alpha value is -1.06. The lowest BCUT2D eigenvalue weighted by atomic mass is 10.0. The monoisotopic (exact) mass is 261 g/mol. The molecule has 2 aliphatic rings.